The summed E-state index contributed by atoms with van der Waals surface area (Å²) in [6.07, 6.45) is 2.49. The van der Waals surface area contributed by atoms with Gasteiger partial charge >= 0.3 is 0 Å². The quantitative estimate of drug-likeness (QED) is 0.880. The third-order valence-electron chi connectivity index (χ3n) is 4.75. The van der Waals surface area contributed by atoms with Gasteiger partial charge < -0.3 is 5.32 Å². The van der Waals surface area contributed by atoms with Gasteiger partial charge in [-0.1, -0.05) is 33.3 Å². The minimum atomic E-state index is 0.554. The highest BCUT2D eigenvalue weighted by Gasteiger charge is 2.32. The van der Waals surface area contributed by atoms with Gasteiger partial charge in [0.15, 0.2) is 0 Å². The molecule has 3 heteroatoms. The zero-order valence-corrected chi connectivity index (χ0v) is 13.5. The van der Waals surface area contributed by atoms with Gasteiger partial charge in [0, 0.05) is 36.1 Å². The summed E-state index contributed by atoms with van der Waals surface area (Å²) in [4.78, 5) is 4.22. The predicted molar refractivity (Wildman–Crippen MR) is 84.8 cm³/mol. The lowest BCUT2D eigenvalue weighted by Crippen LogP contribution is -2.58. The Morgan fingerprint density at radius 3 is 2.79 bits per heavy atom. The van der Waals surface area contributed by atoms with Crippen LogP contribution in [0, 0.1) is 5.92 Å². The van der Waals surface area contributed by atoms with Crippen LogP contribution in [0.2, 0.25) is 0 Å². The number of hydrogen-bond acceptors (Lipinski definition) is 3. The van der Waals surface area contributed by atoms with E-state index >= 15 is 0 Å². The molecule has 1 aromatic rings. The van der Waals surface area contributed by atoms with E-state index in [1.165, 1.54) is 24.3 Å². The zero-order chi connectivity index (χ0) is 13.8. The first kappa shape index (κ1) is 15.0. The molecule has 1 aliphatic heterocycles. The largest absolute Gasteiger partial charge is 0.311 e. The van der Waals surface area contributed by atoms with Gasteiger partial charge in [-0.3, -0.25) is 4.90 Å². The summed E-state index contributed by atoms with van der Waals surface area (Å²) in [5, 5.41) is 5.96. The molecule has 19 heavy (non-hydrogen) atoms. The number of hydrogen-bond donors (Lipinski definition) is 1. The molecule has 0 amide bonds. The first-order valence-electron chi connectivity index (χ1n) is 7.69. The summed E-state index contributed by atoms with van der Waals surface area (Å²) in [6.45, 7) is 11.7. The molecule has 0 saturated carbocycles. The van der Waals surface area contributed by atoms with Crippen molar-refractivity contribution in [2.24, 2.45) is 5.92 Å². The molecule has 4 unspecified atom stereocenters. The first-order chi connectivity index (χ1) is 9.17. The Kier molecular flexibility index (Phi) is 5.43. The van der Waals surface area contributed by atoms with E-state index in [4.69, 9.17) is 0 Å². The Labute approximate surface area is 122 Å². The average Bonchev–Trinajstić information content (AvgIpc) is 2.99. The fourth-order valence-corrected chi connectivity index (χ4v) is 3.86. The van der Waals surface area contributed by atoms with E-state index < -0.39 is 0 Å². The number of nitrogens with zero attached hydrogens (tertiary/aromatic N) is 1. The van der Waals surface area contributed by atoms with Gasteiger partial charge in [-0.25, -0.2) is 0 Å². The monoisotopic (exact) mass is 280 g/mol. The molecule has 0 radical (unpaired) electrons. The third-order valence-corrected chi connectivity index (χ3v) is 5.79. The SMILES string of the molecule is CCC(C)C1CN(C(C)c2cccs2)C(CC)CN1. The lowest BCUT2D eigenvalue weighted by Gasteiger charge is -2.45. The van der Waals surface area contributed by atoms with Crippen LogP contribution in [-0.4, -0.2) is 30.1 Å². The highest BCUT2D eigenvalue weighted by molar-refractivity contribution is 7.10. The van der Waals surface area contributed by atoms with Crippen LogP contribution in [0.5, 0.6) is 0 Å². The normalized spacial score (nSPS) is 28.2. The van der Waals surface area contributed by atoms with Crippen molar-refractivity contribution in [3.63, 3.8) is 0 Å². The van der Waals surface area contributed by atoms with E-state index in [9.17, 15) is 0 Å². The Bertz CT molecular complexity index is 363. The van der Waals surface area contributed by atoms with Crippen molar-refractivity contribution >= 4 is 11.3 Å². The van der Waals surface area contributed by atoms with Crippen molar-refractivity contribution < 1.29 is 0 Å². The van der Waals surface area contributed by atoms with Crippen LogP contribution in [0.1, 0.15) is 51.5 Å². The Hall–Kier alpha value is -0.380. The molecule has 2 heterocycles. The van der Waals surface area contributed by atoms with Crippen LogP contribution in [0.3, 0.4) is 0 Å². The van der Waals surface area contributed by atoms with E-state index in [1.807, 2.05) is 11.3 Å². The molecule has 1 saturated heterocycles. The third kappa shape index (κ3) is 3.39. The minimum Gasteiger partial charge on any atom is -0.311 e. The molecule has 1 aliphatic rings. The van der Waals surface area contributed by atoms with E-state index in [0.29, 0.717) is 18.1 Å². The maximum Gasteiger partial charge on any atom is 0.0417 e. The summed E-state index contributed by atoms with van der Waals surface area (Å²) in [6, 6.07) is 6.33. The van der Waals surface area contributed by atoms with Gasteiger partial charge in [0.2, 0.25) is 0 Å². The van der Waals surface area contributed by atoms with Crippen LogP contribution in [0.15, 0.2) is 17.5 Å². The highest BCUT2D eigenvalue weighted by atomic mass is 32.1. The molecule has 0 bridgehead atoms. The van der Waals surface area contributed by atoms with Gasteiger partial charge in [0.25, 0.3) is 0 Å². The van der Waals surface area contributed by atoms with Crippen molar-refractivity contribution in [3.8, 4) is 0 Å². The van der Waals surface area contributed by atoms with Crippen molar-refractivity contribution in [3.05, 3.63) is 22.4 Å². The molecule has 1 aromatic heterocycles. The molecule has 2 rings (SSSR count). The second kappa shape index (κ2) is 6.87. The Morgan fingerprint density at radius 2 is 2.21 bits per heavy atom. The van der Waals surface area contributed by atoms with E-state index in [1.54, 1.807) is 0 Å². The van der Waals surface area contributed by atoms with Crippen molar-refractivity contribution in [1.82, 2.24) is 10.2 Å². The zero-order valence-electron chi connectivity index (χ0n) is 12.7. The molecule has 1 fully saturated rings. The van der Waals surface area contributed by atoms with Crippen molar-refractivity contribution in [2.75, 3.05) is 13.1 Å². The minimum absolute atomic E-state index is 0.554. The van der Waals surface area contributed by atoms with Gasteiger partial charge in [-0.2, -0.15) is 0 Å². The number of nitrogens with one attached hydrogen (secondary N) is 1. The van der Waals surface area contributed by atoms with E-state index in [2.05, 4.69) is 55.4 Å². The second-order valence-electron chi connectivity index (χ2n) is 5.85. The molecule has 0 aliphatic carbocycles. The maximum absolute atomic E-state index is 3.76. The summed E-state index contributed by atoms with van der Waals surface area (Å²) in [5.41, 5.74) is 0. The lowest BCUT2D eigenvalue weighted by atomic mass is 9.93. The molecular formula is C16H28N2S. The number of piperazine rings is 1. The number of rotatable bonds is 5. The Morgan fingerprint density at radius 1 is 1.42 bits per heavy atom. The van der Waals surface area contributed by atoms with Crippen LogP contribution < -0.4 is 5.32 Å². The molecule has 108 valence electrons. The van der Waals surface area contributed by atoms with Crippen LogP contribution in [-0.2, 0) is 0 Å². The molecule has 2 nitrogen and oxygen atoms in total. The topological polar surface area (TPSA) is 15.3 Å². The molecule has 1 N–H and O–H groups in total. The lowest BCUT2D eigenvalue weighted by molar-refractivity contribution is 0.0719. The smallest absolute Gasteiger partial charge is 0.0417 e. The average molecular weight is 280 g/mol. The first-order valence-corrected chi connectivity index (χ1v) is 8.57. The van der Waals surface area contributed by atoms with Gasteiger partial charge in [0.05, 0.1) is 0 Å². The highest BCUT2D eigenvalue weighted by Crippen LogP contribution is 2.30. The molecule has 4 atom stereocenters. The van der Waals surface area contributed by atoms with Gasteiger partial charge in [-0.15, -0.1) is 11.3 Å². The predicted octanol–water partition coefficient (Wildman–Crippen LogP) is 3.91. The molecule has 0 aromatic carbocycles. The van der Waals surface area contributed by atoms with E-state index in [0.717, 1.165) is 12.5 Å². The van der Waals surface area contributed by atoms with Gasteiger partial charge in [0.1, 0.15) is 0 Å². The van der Waals surface area contributed by atoms with Crippen LogP contribution in [0.25, 0.3) is 0 Å². The molecular weight excluding hydrogens is 252 g/mol. The fraction of sp³-hybridized carbons (Fsp3) is 0.750. The fourth-order valence-electron chi connectivity index (χ4n) is 3.06. The maximum atomic E-state index is 3.76. The van der Waals surface area contributed by atoms with Crippen LogP contribution >= 0.6 is 11.3 Å². The number of thiophene rings is 1. The van der Waals surface area contributed by atoms with Crippen LogP contribution in [0.4, 0.5) is 0 Å². The summed E-state index contributed by atoms with van der Waals surface area (Å²) < 4.78 is 0. The standard InChI is InChI=1S/C16H28N2S/c1-5-12(3)15-11-18(14(6-2)10-17-15)13(4)16-8-7-9-19-16/h7-9,12-15,17H,5-6,10-11H2,1-4H3. The van der Waals surface area contributed by atoms with E-state index in [-0.39, 0.29) is 0 Å². The van der Waals surface area contributed by atoms with Gasteiger partial charge in [-0.05, 0) is 30.7 Å². The summed E-state index contributed by atoms with van der Waals surface area (Å²) in [7, 11) is 0. The summed E-state index contributed by atoms with van der Waals surface area (Å²) >= 11 is 1.89. The summed E-state index contributed by atoms with van der Waals surface area (Å²) in [5.74, 6) is 0.760. The second-order valence-corrected chi connectivity index (χ2v) is 6.83. The van der Waals surface area contributed by atoms with Crippen molar-refractivity contribution in [1.29, 1.82) is 0 Å². The Balaban J connectivity index is 2.09. The van der Waals surface area contributed by atoms with Crippen molar-refractivity contribution in [2.45, 2.75) is 58.7 Å². The molecule has 0 spiro atoms.